The summed E-state index contributed by atoms with van der Waals surface area (Å²) in [6.07, 6.45) is 6.22. The molecule has 3 rings (SSSR count). The number of amides is 1. The fraction of sp³-hybridized carbons (Fsp3) is 0.450. The number of carbonyl (C=O) groups excluding carboxylic acids is 1. The number of anilines is 1. The third-order valence-electron chi connectivity index (χ3n) is 5.18. The zero-order valence-corrected chi connectivity index (χ0v) is 16.3. The number of aromatic nitrogens is 1. The predicted octanol–water partition coefficient (Wildman–Crippen LogP) is 5.76. The van der Waals surface area contributed by atoms with Crippen molar-refractivity contribution in [3.05, 3.63) is 35.5 Å². The molecule has 1 fully saturated rings. The Kier molecular flexibility index (Phi) is 6.29. The maximum Gasteiger partial charge on any atom is 0.229 e. The molecule has 0 saturated heterocycles. The van der Waals surface area contributed by atoms with Crippen LogP contribution >= 0.6 is 22.9 Å². The minimum atomic E-state index is -0.0138. The Balaban J connectivity index is 1.66. The van der Waals surface area contributed by atoms with Gasteiger partial charge in [0.25, 0.3) is 0 Å². The van der Waals surface area contributed by atoms with Gasteiger partial charge in [-0.25, -0.2) is 4.98 Å². The molecule has 0 bridgehead atoms. The van der Waals surface area contributed by atoms with Crippen molar-refractivity contribution in [3.63, 3.8) is 0 Å². The van der Waals surface area contributed by atoms with Crippen LogP contribution in [0.25, 0.3) is 10.4 Å². The van der Waals surface area contributed by atoms with Gasteiger partial charge < -0.3 is 5.32 Å². The molecular weight excluding hydrogens is 366 g/mol. The Morgan fingerprint density at radius 2 is 2.23 bits per heavy atom. The van der Waals surface area contributed by atoms with Crippen molar-refractivity contribution >= 4 is 34.0 Å². The number of hydrogen-bond acceptors (Lipinski definition) is 4. The van der Waals surface area contributed by atoms with E-state index < -0.39 is 0 Å². The number of thiazole rings is 1. The number of nitrogens with zero attached hydrogens (tertiary/aromatic N) is 2. The molecule has 0 radical (unpaired) electrons. The summed E-state index contributed by atoms with van der Waals surface area (Å²) in [4.78, 5) is 18.1. The smallest absolute Gasteiger partial charge is 0.229 e. The Morgan fingerprint density at radius 3 is 3.00 bits per heavy atom. The first kappa shape index (κ1) is 18.9. The maximum atomic E-state index is 12.8. The highest BCUT2D eigenvalue weighted by Crippen LogP contribution is 2.38. The van der Waals surface area contributed by atoms with Crippen LogP contribution in [0.15, 0.2) is 30.5 Å². The van der Waals surface area contributed by atoms with E-state index in [1.165, 1.54) is 11.3 Å². The summed E-state index contributed by atoms with van der Waals surface area (Å²) >= 11 is 7.68. The summed E-state index contributed by atoms with van der Waals surface area (Å²) < 4.78 is 0. The highest BCUT2D eigenvalue weighted by molar-refractivity contribution is 7.19. The van der Waals surface area contributed by atoms with Gasteiger partial charge in [-0.3, -0.25) is 4.79 Å². The van der Waals surface area contributed by atoms with Gasteiger partial charge in [0.1, 0.15) is 0 Å². The molecule has 1 aromatic carbocycles. The summed E-state index contributed by atoms with van der Waals surface area (Å²) in [6, 6.07) is 9.84. The van der Waals surface area contributed by atoms with E-state index >= 15 is 0 Å². The van der Waals surface area contributed by atoms with Gasteiger partial charge in [-0.2, -0.15) is 5.26 Å². The summed E-state index contributed by atoms with van der Waals surface area (Å²) in [7, 11) is 0. The van der Waals surface area contributed by atoms with Crippen molar-refractivity contribution in [2.45, 2.75) is 39.0 Å². The van der Waals surface area contributed by atoms with Crippen molar-refractivity contribution in [2.24, 2.45) is 17.8 Å². The third kappa shape index (κ3) is 4.44. The SMILES string of the molecule is C[C@@H]1CCC(CCC#N)C[C@H]1C(=O)Nc1ncc(-c2ccccc2Cl)s1. The van der Waals surface area contributed by atoms with Crippen LogP contribution in [0.1, 0.15) is 39.0 Å². The van der Waals surface area contributed by atoms with Crippen LogP contribution in [0.2, 0.25) is 5.02 Å². The molecule has 1 saturated carbocycles. The van der Waals surface area contributed by atoms with Crippen molar-refractivity contribution < 1.29 is 4.79 Å². The van der Waals surface area contributed by atoms with E-state index in [-0.39, 0.29) is 11.8 Å². The van der Waals surface area contributed by atoms with Crippen LogP contribution in [-0.4, -0.2) is 10.9 Å². The van der Waals surface area contributed by atoms with E-state index in [1.807, 2.05) is 24.3 Å². The van der Waals surface area contributed by atoms with Crippen molar-refractivity contribution in [2.75, 3.05) is 5.32 Å². The maximum absolute atomic E-state index is 12.8. The molecule has 1 aromatic heterocycles. The first-order chi connectivity index (χ1) is 12.6. The number of nitriles is 1. The Hall–Kier alpha value is -1.90. The molecular formula is C20H22ClN3OS. The van der Waals surface area contributed by atoms with Gasteiger partial charge >= 0.3 is 0 Å². The lowest BCUT2D eigenvalue weighted by atomic mass is 9.73. The van der Waals surface area contributed by atoms with Gasteiger partial charge in [0, 0.05) is 29.1 Å². The summed E-state index contributed by atoms with van der Waals surface area (Å²) in [5, 5.41) is 13.1. The van der Waals surface area contributed by atoms with Gasteiger partial charge in [-0.1, -0.05) is 54.5 Å². The number of halogens is 1. The molecule has 6 heteroatoms. The van der Waals surface area contributed by atoms with Gasteiger partial charge in [-0.05, 0) is 37.2 Å². The highest BCUT2D eigenvalue weighted by atomic mass is 35.5. The molecule has 26 heavy (non-hydrogen) atoms. The van der Waals surface area contributed by atoms with E-state index in [0.717, 1.165) is 36.1 Å². The second-order valence-electron chi connectivity index (χ2n) is 6.96. The third-order valence-corrected chi connectivity index (χ3v) is 6.46. The van der Waals surface area contributed by atoms with Crippen molar-refractivity contribution in [1.29, 1.82) is 5.26 Å². The molecule has 1 amide bonds. The number of benzene rings is 1. The summed E-state index contributed by atoms with van der Waals surface area (Å²) in [6.45, 7) is 2.14. The predicted molar refractivity (Wildman–Crippen MR) is 106 cm³/mol. The molecule has 4 nitrogen and oxygen atoms in total. The van der Waals surface area contributed by atoms with Gasteiger partial charge in [0.2, 0.25) is 5.91 Å². The van der Waals surface area contributed by atoms with Crippen LogP contribution in [0.5, 0.6) is 0 Å². The average Bonchev–Trinajstić information content (AvgIpc) is 3.09. The average molecular weight is 388 g/mol. The molecule has 1 aliphatic carbocycles. The first-order valence-corrected chi connectivity index (χ1v) is 10.2. The van der Waals surface area contributed by atoms with Gasteiger partial charge in [0.05, 0.1) is 10.9 Å². The largest absolute Gasteiger partial charge is 0.302 e. The lowest BCUT2D eigenvalue weighted by molar-refractivity contribution is -0.123. The molecule has 1 N–H and O–H groups in total. The van der Waals surface area contributed by atoms with E-state index in [4.69, 9.17) is 16.9 Å². The second kappa shape index (κ2) is 8.66. The molecule has 1 aliphatic rings. The molecule has 0 aliphatic heterocycles. The number of rotatable bonds is 5. The minimum absolute atomic E-state index is 0.0138. The molecule has 3 atom stereocenters. The zero-order chi connectivity index (χ0) is 18.5. The quantitative estimate of drug-likeness (QED) is 0.709. The topological polar surface area (TPSA) is 65.8 Å². The lowest BCUT2D eigenvalue weighted by Gasteiger charge is -2.32. The van der Waals surface area contributed by atoms with Crippen LogP contribution in [0.4, 0.5) is 5.13 Å². The summed E-state index contributed by atoms with van der Waals surface area (Å²) in [5.74, 6) is 0.854. The number of hydrogen-bond donors (Lipinski definition) is 1. The standard InChI is InChI=1S/C20H22ClN3OS/c1-13-8-9-14(5-4-10-22)11-16(13)19(25)24-20-23-12-18(26-20)15-6-2-3-7-17(15)21/h2-3,6-7,12-14,16H,4-5,8-9,11H2,1H3,(H,23,24,25)/t13-,14?,16-/m1/s1. The van der Waals surface area contributed by atoms with E-state index in [2.05, 4.69) is 23.3 Å². The Morgan fingerprint density at radius 1 is 1.42 bits per heavy atom. The summed E-state index contributed by atoms with van der Waals surface area (Å²) in [5.41, 5.74) is 0.926. The first-order valence-electron chi connectivity index (χ1n) is 8.97. The van der Waals surface area contributed by atoms with Crippen LogP contribution in [0.3, 0.4) is 0 Å². The molecule has 1 heterocycles. The molecule has 136 valence electrons. The fourth-order valence-electron chi connectivity index (χ4n) is 3.62. The van der Waals surface area contributed by atoms with Crippen LogP contribution in [0, 0.1) is 29.1 Å². The van der Waals surface area contributed by atoms with E-state index in [1.54, 1.807) is 6.20 Å². The van der Waals surface area contributed by atoms with Crippen LogP contribution in [-0.2, 0) is 4.79 Å². The Bertz CT molecular complexity index is 813. The zero-order valence-electron chi connectivity index (χ0n) is 14.7. The van der Waals surface area contributed by atoms with Crippen LogP contribution < -0.4 is 5.32 Å². The molecule has 1 unspecified atom stereocenters. The van der Waals surface area contributed by atoms with Gasteiger partial charge in [0.15, 0.2) is 5.13 Å². The monoisotopic (exact) mass is 387 g/mol. The minimum Gasteiger partial charge on any atom is -0.302 e. The highest BCUT2D eigenvalue weighted by Gasteiger charge is 2.32. The normalized spacial score (nSPS) is 22.6. The lowest BCUT2D eigenvalue weighted by Crippen LogP contribution is -2.33. The van der Waals surface area contributed by atoms with E-state index in [0.29, 0.717) is 28.4 Å². The molecule has 0 spiro atoms. The van der Waals surface area contributed by atoms with E-state index in [9.17, 15) is 4.79 Å². The molecule has 2 aromatic rings. The number of carbonyl (C=O) groups is 1. The van der Waals surface area contributed by atoms with Crippen molar-refractivity contribution in [3.8, 4) is 16.5 Å². The number of nitrogens with one attached hydrogen (secondary N) is 1. The van der Waals surface area contributed by atoms with Gasteiger partial charge in [-0.15, -0.1) is 0 Å². The van der Waals surface area contributed by atoms with Crippen molar-refractivity contribution in [1.82, 2.24) is 4.98 Å². The fourth-order valence-corrected chi connectivity index (χ4v) is 4.77. The Labute approximate surface area is 163 Å². The second-order valence-corrected chi connectivity index (χ2v) is 8.40.